The van der Waals surface area contributed by atoms with E-state index in [2.05, 4.69) is 15.2 Å². The second-order valence-electron chi connectivity index (χ2n) is 6.47. The van der Waals surface area contributed by atoms with Crippen LogP contribution in [0.2, 0.25) is 0 Å². The van der Waals surface area contributed by atoms with E-state index in [4.69, 9.17) is 4.74 Å². The van der Waals surface area contributed by atoms with Crippen molar-refractivity contribution in [3.05, 3.63) is 24.3 Å². The molecule has 2 atom stereocenters. The average molecular weight is 314 g/mol. The minimum atomic E-state index is -0.705. The molecule has 23 heavy (non-hydrogen) atoms. The van der Waals surface area contributed by atoms with E-state index in [1.54, 1.807) is 7.11 Å². The van der Waals surface area contributed by atoms with Crippen molar-refractivity contribution in [2.45, 2.75) is 43.8 Å². The number of Topliss-reactive ketones (excluding diaryl/α,β-unsaturated/α-hetero) is 1. The van der Waals surface area contributed by atoms with Crippen molar-refractivity contribution in [1.82, 2.24) is 4.90 Å². The summed E-state index contributed by atoms with van der Waals surface area (Å²) in [4.78, 5) is 15.4. The molecule has 1 aliphatic carbocycles. The third-order valence-corrected chi connectivity index (χ3v) is 5.26. The largest absolute Gasteiger partial charge is 0.497 e. The molecule has 0 spiro atoms. The number of likely N-dealkylation sites (tertiary alicyclic amines) is 1. The first kappa shape index (κ1) is 14.6. The van der Waals surface area contributed by atoms with Gasteiger partial charge in [-0.05, 0) is 49.9 Å². The number of hydrogen-bond donors (Lipinski definition) is 0. The number of benzene rings is 1. The monoisotopic (exact) mass is 314 g/mol. The van der Waals surface area contributed by atoms with Crippen LogP contribution in [0.15, 0.2) is 34.6 Å². The highest BCUT2D eigenvalue weighted by Crippen LogP contribution is 2.44. The van der Waals surface area contributed by atoms with Gasteiger partial charge in [0.25, 0.3) is 0 Å². The Balaban J connectivity index is 1.77. The Morgan fingerprint density at radius 1 is 1.17 bits per heavy atom. The number of ether oxygens (including phenoxy) is 1. The predicted molar refractivity (Wildman–Crippen MR) is 86.5 cm³/mol. The Hall–Kier alpha value is -1.95. The predicted octanol–water partition coefficient (Wildman–Crippen LogP) is 2.80. The molecule has 0 bridgehead atoms. The van der Waals surface area contributed by atoms with Gasteiger partial charge in [-0.2, -0.15) is 5.11 Å². The summed E-state index contributed by atoms with van der Waals surface area (Å²) in [6.07, 6.45) is 4.73. The van der Waals surface area contributed by atoms with Gasteiger partial charge >= 0.3 is 0 Å². The van der Waals surface area contributed by atoms with E-state index < -0.39 is 5.66 Å². The number of carbonyl (C=O) groups excluding carboxylic acids is 1. The van der Waals surface area contributed by atoms with E-state index >= 15 is 0 Å². The molecule has 1 saturated carbocycles. The van der Waals surface area contributed by atoms with Crippen molar-refractivity contribution in [3.8, 4) is 5.75 Å². The van der Waals surface area contributed by atoms with Gasteiger partial charge in [-0.25, -0.2) is 5.01 Å². The Kier molecular flexibility index (Phi) is 3.56. The molecule has 1 saturated heterocycles. The third-order valence-electron chi connectivity index (χ3n) is 5.26. The summed E-state index contributed by atoms with van der Waals surface area (Å²) in [6, 6.07) is 7.68. The van der Waals surface area contributed by atoms with Crippen LogP contribution in [0.1, 0.15) is 32.1 Å². The maximum atomic E-state index is 13.1. The molecule has 1 aromatic rings. The fraction of sp³-hybridized carbons (Fsp3) is 0.588. The van der Waals surface area contributed by atoms with Crippen LogP contribution in [0.5, 0.6) is 5.75 Å². The van der Waals surface area contributed by atoms with Gasteiger partial charge in [0, 0.05) is 19.5 Å². The van der Waals surface area contributed by atoms with Crippen LogP contribution < -0.4 is 9.75 Å². The molecule has 3 aliphatic rings. The van der Waals surface area contributed by atoms with Gasteiger partial charge in [0.15, 0.2) is 11.4 Å². The zero-order chi connectivity index (χ0) is 15.9. The maximum Gasteiger partial charge on any atom is 0.200 e. The highest BCUT2D eigenvalue weighted by Gasteiger charge is 2.60. The molecule has 6 heteroatoms. The van der Waals surface area contributed by atoms with E-state index in [-0.39, 0.29) is 11.8 Å². The van der Waals surface area contributed by atoms with Crippen molar-refractivity contribution >= 4 is 11.5 Å². The first-order valence-corrected chi connectivity index (χ1v) is 8.40. The summed E-state index contributed by atoms with van der Waals surface area (Å²) in [5.74, 6) is 1.06. The second kappa shape index (κ2) is 5.60. The lowest BCUT2D eigenvalue weighted by atomic mass is 9.81. The summed E-state index contributed by atoms with van der Waals surface area (Å²) in [7, 11) is 1.65. The molecular formula is C17H22N4O2. The highest BCUT2D eigenvalue weighted by molar-refractivity contribution is 5.93. The molecule has 0 N–H and O–H groups in total. The van der Waals surface area contributed by atoms with Gasteiger partial charge in [0.1, 0.15) is 11.8 Å². The van der Waals surface area contributed by atoms with Gasteiger partial charge < -0.3 is 4.74 Å². The molecule has 2 aliphatic heterocycles. The quantitative estimate of drug-likeness (QED) is 0.861. The van der Waals surface area contributed by atoms with E-state index in [0.717, 1.165) is 50.2 Å². The number of nitrogens with zero attached hydrogens (tertiary/aromatic N) is 4. The smallest absolute Gasteiger partial charge is 0.200 e. The van der Waals surface area contributed by atoms with E-state index in [1.807, 2.05) is 29.3 Å². The summed E-state index contributed by atoms with van der Waals surface area (Å²) >= 11 is 0. The maximum absolute atomic E-state index is 13.1. The zero-order valence-corrected chi connectivity index (χ0v) is 13.4. The summed E-state index contributed by atoms with van der Waals surface area (Å²) in [5, 5.41) is 10.8. The van der Waals surface area contributed by atoms with Crippen LogP contribution in [0.25, 0.3) is 0 Å². The number of rotatable bonds is 3. The van der Waals surface area contributed by atoms with Crippen LogP contribution in [0.3, 0.4) is 0 Å². The van der Waals surface area contributed by atoms with Crippen molar-refractivity contribution in [2.24, 2.45) is 10.3 Å². The lowest BCUT2D eigenvalue weighted by Crippen LogP contribution is -2.68. The van der Waals surface area contributed by atoms with Crippen LogP contribution in [0, 0.1) is 0 Å². The molecule has 2 fully saturated rings. The van der Waals surface area contributed by atoms with Gasteiger partial charge in [-0.3, -0.25) is 9.69 Å². The number of ketones is 1. The minimum Gasteiger partial charge on any atom is -0.497 e. The lowest BCUT2D eigenvalue weighted by molar-refractivity contribution is -0.133. The van der Waals surface area contributed by atoms with E-state index in [1.165, 1.54) is 0 Å². The molecule has 122 valence electrons. The van der Waals surface area contributed by atoms with Crippen molar-refractivity contribution < 1.29 is 9.53 Å². The zero-order valence-electron chi connectivity index (χ0n) is 13.4. The van der Waals surface area contributed by atoms with Gasteiger partial charge in [-0.1, -0.05) is 5.22 Å². The summed E-state index contributed by atoms with van der Waals surface area (Å²) in [6.45, 7) is 1.89. The number of methoxy groups -OCH3 is 1. The first-order chi connectivity index (χ1) is 11.3. The number of anilines is 1. The SMILES string of the molecule is COc1ccc(N2N=N[C@@H]3CCCC(=O)[C@@]32N2CCCC2)cc1. The highest BCUT2D eigenvalue weighted by atomic mass is 16.5. The van der Waals surface area contributed by atoms with Crippen LogP contribution in [-0.2, 0) is 4.79 Å². The molecule has 2 heterocycles. The van der Waals surface area contributed by atoms with Crippen LogP contribution >= 0.6 is 0 Å². The second-order valence-corrected chi connectivity index (χ2v) is 6.47. The standard InChI is InChI=1S/C17H22N4O2/c1-23-14-9-7-13(8-10-14)21-17(20-11-2-3-12-20)15(18-19-21)5-4-6-16(17)22/h7-10,15H,2-6,11-12H2,1H3/t15-,17-/m1/s1. The van der Waals surface area contributed by atoms with Crippen molar-refractivity contribution in [3.63, 3.8) is 0 Å². The third kappa shape index (κ3) is 2.08. The number of fused-ring (bicyclic) bond motifs is 1. The Bertz CT molecular complexity index is 624. The normalized spacial score (nSPS) is 30.7. The summed E-state index contributed by atoms with van der Waals surface area (Å²) < 4.78 is 5.23. The fourth-order valence-electron chi connectivity index (χ4n) is 4.16. The molecular weight excluding hydrogens is 292 g/mol. The number of hydrogen-bond acceptors (Lipinski definition) is 6. The van der Waals surface area contributed by atoms with Gasteiger partial charge in [0.05, 0.1) is 12.8 Å². The fourth-order valence-corrected chi connectivity index (χ4v) is 4.16. The molecule has 1 aromatic carbocycles. The lowest BCUT2D eigenvalue weighted by Gasteiger charge is -2.46. The van der Waals surface area contributed by atoms with Crippen molar-refractivity contribution in [2.75, 3.05) is 25.2 Å². The van der Waals surface area contributed by atoms with Crippen molar-refractivity contribution in [1.29, 1.82) is 0 Å². The molecule has 0 aromatic heterocycles. The molecule has 4 rings (SSSR count). The van der Waals surface area contributed by atoms with Crippen LogP contribution in [-0.4, -0.2) is 42.6 Å². The first-order valence-electron chi connectivity index (χ1n) is 8.40. The summed E-state index contributed by atoms with van der Waals surface area (Å²) in [5.41, 5.74) is 0.197. The molecule has 0 radical (unpaired) electrons. The molecule has 0 unspecified atom stereocenters. The average Bonchev–Trinajstić information content (AvgIpc) is 3.23. The topological polar surface area (TPSA) is 57.5 Å². The van der Waals surface area contributed by atoms with Gasteiger partial charge in [0.2, 0.25) is 0 Å². The minimum absolute atomic E-state index is 0.0519. The van der Waals surface area contributed by atoms with Gasteiger partial charge in [-0.15, -0.1) is 0 Å². The Labute approximate surface area is 136 Å². The number of carbonyl (C=O) groups is 1. The van der Waals surface area contributed by atoms with E-state index in [9.17, 15) is 4.79 Å². The van der Waals surface area contributed by atoms with Crippen LogP contribution in [0.4, 0.5) is 5.69 Å². The molecule has 6 nitrogen and oxygen atoms in total. The molecule has 0 amide bonds. The van der Waals surface area contributed by atoms with E-state index in [0.29, 0.717) is 6.42 Å². The Morgan fingerprint density at radius 2 is 1.91 bits per heavy atom. The Morgan fingerprint density at radius 3 is 2.61 bits per heavy atom.